The minimum absolute atomic E-state index is 0.107. The first-order chi connectivity index (χ1) is 20.5. The number of alkyl halides is 3. The molecule has 7 rings (SSSR count). The van der Waals surface area contributed by atoms with E-state index in [1.54, 1.807) is 16.8 Å². The Labute approximate surface area is 247 Å². The van der Waals surface area contributed by atoms with Crippen molar-refractivity contribution in [3.05, 3.63) is 58.9 Å². The predicted octanol–water partition coefficient (Wildman–Crippen LogP) is 3.86. The maximum Gasteiger partial charge on any atom is 0.417 e. The maximum absolute atomic E-state index is 15.1. The first kappa shape index (κ1) is 28.3. The van der Waals surface area contributed by atoms with E-state index in [4.69, 9.17) is 4.74 Å². The van der Waals surface area contributed by atoms with E-state index in [9.17, 15) is 14.3 Å². The minimum atomic E-state index is -4.78. The van der Waals surface area contributed by atoms with Crippen LogP contribution < -0.4 is 10.6 Å². The third kappa shape index (κ3) is 4.45. The number of halogens is 4. The second-order valence-corrected chi connectivity index (χ2v) is 12.4. The summed E-state index contributed by atoms with van der Waals surface area (Å²) in [4.78, 5) is 22.0. The Morgan fingerprint density at radius 3 is 2.56 bits per heavy atom. The van der Waals surface area contributed by atoms with Crippen molar-refractivity contribution in [3.63, 3.8) is 0 Å². The molecule has 1 atom stereocenters. The number of nitrogens with zero attached hydrogens (tertiary/aromatic N) is 6. The summed E-state index contributed by atoms with van der Waals surface area (Å²) in [5, 5.41) is 14.7. The summed E-state index contributed by atoms with van der Waals surface area (Å²) in [5.74, 6) is 0.0173. The highest BCUT2D eigenvalue weighted by Crippen LogP contribution is 2.52. The third-order valence-electron chi connectivity index (χ3n) is 8.65. The van der Waals surface area contributed by atoms with E-state index in [1.165, 1.54) is 39.4 Å². The van der Waals surface area contributed by atoms with E-state index in [2.05, 4.69) is 16.7 Å². The van der Waals surface area contributed by atoms with Gasteiger partial charge in [-0.05, 0) is 24.3 Å². The average molecular weight is 617 g/mol. The molecule has 5 heterocycles. The van der Waals surface area contributed by atoms with Crippen LogP contribution in [0, 0.1) is 11.2 Å². The van der Waals surface area contributed by atoms with Crippen LogP contribution in [0.1, 0.15) is 5.56 Å². The standard InChI is InChI=1S/C29H28F4N6O3S/c1-3-21(40)37-6-8-38(9-7-37)26-17-10-19(29(31,32)33)22(16-4-5-20(30)18-11-34-36(2)23(16)18)25-24(17)39(27(41)35-26)12-28(15-43-25)13-42-14-28/h3-5,10-11,21,40H,1,6-9,12-15H2,2H3. The van der Waals surface area contributed by atoms with Gasteiger partial charge in [0.25, 0.3) is 0 Å². The fourth-order valence-corrected chi connectivity index (χ4v) is 7.82. The van der Waals surface area contributed by atoms with Crippen LogP contribution in [0.4, 0.5) is 23.4 Å². The number of aryl methyl sites for hydroxylation is 1. The van der Waals surface area contributed by atoms with Gasteiger partial charge in [-0.15, -0.1) is 11.8 Å². The van der Waals surface area contributed by atoms with Crippen molar-refractivity contribution in [2.75, 3.05) is 50.0 Å². The molecule has 0 bridgehead atoms. The molecule has 3 aliphatic heterocycles. The Morgan fingerprint density at radius 1 is 1.16 bits per heavy atom. The second-order valence-electron chi connectivity index (χ2n) is 11.4. The largest absolute Gasteiger partial charge is 0.417 e. The minimum Gasteiger partial charge on any atom is -0.380 e. The molecule has 2 saturated heterocycles. The number of aromatic nitrogens is 4. The molecule has 1 N–H and O–H groups in total. The van der Waals surface area contributed by atoms with Gasteiger partial charge in [-0.2, -0.15) is 23.3 Å². The number of rotatable bonds is 4. The van der Waals surface area contributed by atoms with Crippen molar-refractivity contribution in [2.24, 2.45) is 12.5 Å². The van der Waals surface area contributed by atoms with Crippen molar-refractivity contribution >= 4 is 39.4 Å². The summed E-state index contributed by atoms with van der Waals surface area (Å²) in [6, 6.07) is 3.59. The molecule has 1 unspecified atom stereocenters. The number of benzene rings is 2. The van der Waals surface area contributed by atoms with Gasteiger partial charge >= 0.3 is 11.9 Å². The Hall–Kier alpha value is -3.46. The number of anilines is 1. The molecule has 0 saturated carbocycles. The molecule has 1 spiro atoms. The lowest BCUT2D eigenvalue weighted by Gasteiger charge is -2.40. The van der Waals surface area contributed by atoms with Crippen LogP contribution in [0.25, 0.3) is 32.9 Å². The Balaban J connectivity index is 1.53. The number of aliphatic hydroxyl groups excluding tert-OH is 1. The van der Waals surface area contributed by atoms with Gasteiger partial charge in [0, 0.05) is 72.3 Å². The fraction of sp³-hybridized carbons (Fsp3) is 0.414. The molecule has 4 aromatic rings. The number of hydrogen-bond donors (Lipinski definition) is 1. The number of fused-ring (bicyclic) bond motifs is 1. The number of aliphatic hydroxyl groups is 1. The SMILES string of the molecule is C=CC(O)N1CCN(c2nc(=O)n3c4c(c(-c5ccc(F)c6cnn(C)c56)c(C(F)(F)F)cc24)SCC2(COC2)C3)CC1. The molecule has 0 radical (unpaired) electrons. The van der Waals surface area contributed by atoms with E-state index in [0.717, 1.165) is 12.1 Å². The number of piperazine rings is 1. The van der Waals surface area contributed by atoms with Gasteiger partial charge in [0.1, 0.15) is 17.9 Å². The van der Waals surface area contributed by atoms with Crippen molar-refractivity contribution in [2.45, 2.75) is 23.8 Å². The third-order valence-corrected chi connectivity index (χ3v) is 10.1. The van der Waals surface area contributed by atoms with Crippen LogP contribution in [0.2, 0.25) is 0 Å². The summed E-state index contributed by atoms with van der Waals surface area (Å²) in [6.45, 7) is 6.11. The molecule has 43 heavy (non-hydrogen) atoms. The average Bonchev–Trinajstić information content (AvgIpc) is 3.25. The van der Waals surface area contributed by atoms with E-state index >= 15 is 13.2 Å². The number of ether oxygens (including phenoxy) is 1. The highest BCUT2D eigenvalue weighted by Gasteiger charge is 2.45. The summed E-state index contributed by atoms with van der Waals surface area (Å²) < 4.78 is 68.4. The lowest BCUT2D eigenvalue weighted by molar-refractivity contribution is -0.137. The lowest BCUT2D eigenvalue weighted by atomic mass is 9.88. The zero-order valence-electron chi connectivity index (χ0n) is 23.2. The molecular formula is C29H28F4N6O3S. The highest BCUT2D eigenvalue weighted by molar-refractivity contribution is 7.99. The lowest BCUT2D eigenvalue weighted by Crippen LogP contribution is -2.51. The van der Waals surface area contributed by atoms with Gasteiger partial charge in [-0.25, -0.2) is 9.18 Å². The van der Waals surface area contributed by atoms with E-state index < -0.39 is 34.9 Å². The zero-order chi connectivity index (χ0) is 30.3. The predicted molar refractivity (Wildman–Crippen MR) is 155 cm³/mol. The number of hydrogen-bond acceptors (Lipinski definition) is 8. The van der Waals surface area contributed by atoms with E-state index in [-0.39, 0.29) is 39.8 Å². The Bertz CT molecular complexity index is 1840. The van der Waals surface area contributed by atoms with Gasteiger partial charge in [0.15, 0.2) is 0 Å². The normalized spacial score (nSPS) is 19.5. The van der Waals surface area contributed by atoms with Crippen LogP contribution in [-0.4, -0.2) is 80.7 Å². The van der Waals surface area contributed by atoms with Crippen molar-refractivity contribution in [1.82, 2.24) is 24.2 Å². The van der Waals surface area contributed by atoms with Crippen LogP contribution in [0.3, 0.4) is 0 Å². The molecule has 0 aliphatic carbocycles. The van der Waals surface area contributed by atoms with Gasteiger partial charge in [0.2, 0.25) is 0 Å². The van der Waals surface area contributed by atoms with Gasteiger partial charge in [-0.3, -0.25) is 14.1 Å². The molecular weight excluding hydrogens is 588 g/mol. The summed E-state index contributed by atoms with van der Waals surface area (Å²) in [5.41, 5.74) is -1.21. The quantitative estimate of drug-likeness (QED) is 0.273. The molecule has 2 fully saturated rings. The molecule has 3 aliphatic rings. The molecule has 0 amide bonds. The van der Waals surface area contributed by atoms with E-state index in [0.29, 0.717) is 55.6 Å². The van der Waals surface area contributed by atoms with Gasteiger partial charge < -0.3 is 14.7 Å². The highest BCUT2D eigenvalue weighted by atomic mass is 32.2. The zero-order valence-corrected chi connectivity index (χ0v) is 24.0. The number of thioether (sulfide) groups is 1. The van der Waals surface area contributed by atoms with Crippen LogP contribution >= 0.6 is 11.8 Å². The van der Waals surface area contributed by atoms with Crippen LogP contribution in [-0.2, 0) is 24.5 Å². The van der Waals surface area contributed by atoms with Gasteiger partial charge in [0.05, 0.1) is 41.4 Å². The van der Waals surface area contributed by atoms with Crippen molar-refractivity contribution in [1.29, 1.82) is 0 Å². The van der Waals surface area contributed by atoms with Crippen LogP contribution in [0.15, 0.2) is 46.7 Å². The Morgan fingerprint density at radius 2 is 1.91 bits per heavy atom. The second kappa shape index (κ2) is 10.0. The molecule has 226 valence electrons. The first-order valence-electron chi connectivity index (χ1n) is 13.8. The smallest absolute Gasteiger partial charge is 0.380 e. The Kier molecular flexibility index (Phi) is 6.61. The molecule has 2 aromatic carbocycles. The summed E-state index contributed by atoms with van der Waals surface area (Å²) in [7, 11) is 1.56. The topological polar surface area (TPSA) is 88.7 Å². The summed E-state index contributed by atoms with van der Waals surface area (Å²) >= 11 is 1.27. The van der Waals surface area contributed by atoms with Gasteiger partial charge in [-0.1, -0.05) is 6.58 Å². The molecule has 9 nitrogen and oxygen atoms in total. The molecule has 2 aromatic heterocycles. The first-order valence-corrected chi connectivity index (χ1v) is 14.8. The van der Waals surface area contributed by atoms with E-state index in [1.807, 2.05) is 0 Å². The molecule has 14 heteroatoms. The van der Waals surface area contributed by atoms with Crippen molar-refractivity contribution < 1.29 is 27.4 Å². The summed E-state index contributed by atoms with van der Waals surface area (Å²) in [6.07, 6.45) is -2.92. The fourth-order valence-electron chi connectivity index (χ4n) is 6.39. The maximum atomic E-state index is 15.1. The van der Waals surface area contributed by atoms with Crippen molar-refractivity contribution in [3.8, 4) is 11.1 Å². The monoisotopic (exact) mass is 616 g/mol. The van der Waals surface area contributed by atoms with Crippen LogP contribution in [0.5, 0.6) is 0 Å².